The molecule has 0 bridgehead atoms. The Balaban J connectivity index is 1.72. The molecule has 1 aromatic carbocycles. The normalized spacial score (nSPS) is 16.5. The van der Waals surface area contributed by atoms with Gasteiger partial charge in [-0.3, -0.25) is 4.79 Å². The minimum Gasteiger partial charge on any atom is -0.492 e. The van der Waals surface area contributed by atoms with Crippen LogP contribution in [0, 0.1) is 5.92 Å². The van der Waals surface area contributed by atoms with Crippen LogP contribution in [0.15, 0.2) is 42.6 Å². The number of benzene rings is 1. The monoisotopic (exact) mass is 284 g/mol. The zero-order valence-electron chi connectivity index (χ0n) is 11.7. The van der Waals surface area contributed by atoms with E-state index >= 15 is 0 Å². The van der Waals surface area contributed by atoms with Gasteiger partial charge in [-0.15, -0.1) is 0 Å². The zero-order valence-corrected chi connectivity index (χ0v) is 11.7. The van der Waals surface area contributed by atoms with E-state index in [-0.39, 0.29) is 11.8 Å². The molecule has 1 aliphatic rings. The van der Waals surface area contributed by atoms with Crippen LogP contribution in [0.25, 0.3) is 0 Å². The molecule has 0 spiro atoms. The van der Waals surface area contributed by atoms with Gasteiger partial charge in [0.25, 0.3) is 0 Å². The second-order valence-electron chi connectivity index (χ2n) is 4.87. The first-order valence-corrected chi connectivity index (χ1v) is 6.78. The average Bonchev–Trinajstić information content (AvgIpc) is 2.55. The van der Waals surface area contributed by atoms with Crippen LogP contribution in [0.2, 0.25) is 0 Å². The third kappa shape index (κ3) is 2.81. The predicted molar refractivity (Wildman–Crippen MR) is 78.5 cm³/mol. The average molecular weight is 284 g/mol. The molecule has 1 N–H and O–H groups in total. The van der Waals surface area contributed by atoms with Gasteiger partial charge in [0.1, 0.15) is 18.0 Å². The van der Waals surface area contributed by atoms with E-state index in [1.165, 1.54) is 7.11 Å². The number of anilines is 1. The Morgan fingerprint density at radius 2 is 2.19 bits per heavy atom. The van der Waals surface area contributed by atoms with E-state index < -0.39 is 0 Å². The van der Waals surface area contributed by atoms with Crippen LogP contribution >= 0.6 is 0 Å². The second kappa shape index (κ2) is 5.83. The number of nitrogens with one attached hydrogen (secondary N) is 1. The molecule has 1 amide bonds. The lowest BCUT2D eigenvalue weighted by atomic mass is 9.96. The van der Waals surface area contributed by atoms with E-state index in [1.54, 1.807) is 18.3 Å². The van der Waals surface area contributed by atoms with E-state index in [1.807, 2.05) is 24.3 Å². The summed E-state index contributed by atoms with van der Waals surface area (Å²) in [4.78, 5) is 16.4. The fraction of sp³-hybridized carbons (Fsp3) is 0.250. The number of rotatable bonds is 3. The summed E-state index contributed by atoms with van der Waals surface area (Å²) in [5.41, 5.74) is 1.63. The van der Waals surface area contributed by atoms with Gasteiger partial charge < -0.3 is 14.8 Å². The number of carbonyl (C=O) groups is 1. The van der Waals surface area contributed by atoms with Crippen molar-refractivity contribution in [1.82, 2.24) is 4.98 Å². The molecule has 1 atom stereocenters. The van der Waals surface area contributed by atoms with E-state index in [2.05, 4.69) is 10.3 Å². The lowest BCUT2D eigenvalue weighted by Gasteiger charge is -2.24. The van der Waals surface area contributed by atoms with Crippen molar-refractivity contribution in [3.8, 4) is 11.6 Å². The lowest BCUT2D eigenvalue weighted by Crippen LogP contribution is -2.32. The Kier molecular flexibility index (Phi) is 3.73. The Bertz CT molecular complexity index is 657. The molecule has 2 heterocycles. The van der Waals surface area contributed by atoms with Crippen LogP contribution < -0.4 is 14.8 Å². The fourth-order valence-corrected chi connectivity index (χ4v) is 2.38. The van der Waals surface area contributed by atoms with E-state index in [0.29, 0.717) is 24.6 Å². The van der Waals surface area contributed by atoms with Crippen molar-refractivity contribution in [2.45, 2.75) is 6.42 Å². The number of aromatic nitrogens is 1. The third-order valence-corrected chi connectivity index (χ3v) is 3.47. The highest BCUT2D eigenvalue weighted by molar-refractivity contribution is 5.94. The summed E-state index contributed by atoms with van der Waals surface area (Å²) in [6.45, 7) is 0.380. The molecule has 3 rings (SSSR count). The minimum atomic E-state index is -0.218. The van der Waals surface area contributed by atoms with Gasteiger partial charge in [-0.1, -0.05) is 18.2 Å². The summed E-state index contributed by atoms with van der Waals surface area (Å²) < 4.78 is 10.8. The maximum absolute atomic E-state index is 12.4. The van der Waals surface area contributed by atoms with E-state index in [0.717, 1.165) is 11.3 Å². The van der Waals surface area contributed by atoms with Crippen LogP contribution in [-0.2, 0) is 11.2 Å². The molecule has 0 radical (unpaired) electrons. The quantitative estimate of drug-likeness (QED) is 0.939. The van der Waals surface area contributed by atoms with Gasteiger partial charge in [-0.25, -0.2) is 4.98 Å². The van der Waals surface area contributed by atoms with Gasteiger partial charge in [0, 0.05) is 6.20 Å². The second-order valence-corrected chi connectivity index (χ2v) is 4.87. The van der Waals surface area contributed by atoms with Crippen LogP contribution in [0.3, 0.4) is 0 Å². The SMILES string of the molecule is COc1ncccc1NC(=O)[C@H]1COc2ccccc2C1. The number of para-hydroxylation sites is 1. The molecule has 2 aromatic rings. The molecule has 21 heavy (non-hydrogen) atoms. The largest absolute Gasteiger partial charge is 0.492 e. The van der Waals surface area contributed by atoms with E-state index in [9.17, 15) is 4.79 Å². The maximum atomic E-state index is 12.4. The van der Waals surface area contributed by atoms with Crippen LogP contribution in [0.1, 0.15) is 5.56 Å². The Morgan fingerprint density at radius 3 is 3.05 bits per heavy atom. The van der Waals surface area contributed by atoms with Crippen molar-refractivity contribution in [1.29, 1.82) is 0 Å². The summed E-state index contributed by atoms with van der Waals surface area (Å²) >= 11 is 0. The number of carbonyl (C=O) groups excluding carboxylic acids is 1. The Morgan fingerprint density at radius 1 is 1.33 bits per heavy atom. The molecule has 108 valence electrons. The van der Waals surface area contributed by atoms with Crippen LogP contribution in [0.4, 0.5) is 5.69 Å². The van der Waals surface area contributed by atoms with Crippen molar-refractivity contribution in [2.24, 2.45) is 5.92 Å². The van der Waals surface area contributed by atoms with Gasteiger partial charge in [0.05, 0.1) is 13.0 Å². The van der Waals surface area contributed by atoms with Gasteiger partial charge in [-0.05, 0) is 30.2 Å². The molecule has 0 unspecified atom stereocenters. The molecule has 0 fully saturated rings. The first-order chi connectivity index (χ1) is 10.3. The van der Waals surface area contributed by atoms with Crippen LogP contribution in [0.5, 0.6) is 11.6 Å². The zero-order chi connectivity index (χ0) is 14.7. The van der Waals surface area contributed by atoms with Gasteiger partial charge in [-0.2, -0.15) is 0 Å². The van der Waals surface area contributed by atoms with Crippen molar-refractivity contribution in [2.75, 3.05) is 19.0 Å². The highest BCUT2D eigenvalue weighted by Crippen LogP contribution is 2.28. The summed E-state index contributed by atoms with van der Waals surface area (Å²) in [5, 5.41) is 2.86. The number of pyridine rings is 1. The number of methoxy groups -OCH3 is 1. The maximum Gasteiger partial charge on any atom is 0.237 e. The number of ether oxygens (including phenoxy) is 2. The number of amides is 1. The van der Waals surface area contributed by atoms with Gasteiger partial charge >= 0.3 is 0 Å². The third-order valence-electron chi connectivity index (χ3n) is 3.47. The smallest absolute Gasteiger partial charge is 0.237 e. The highest BCUT2D eigenvalue weighted by atomic mass is 16.5. The molecule has 0 saturated heterocycles. The fourth-order valence-electron chi connectivity index (χ4n) is 2.38. The number of hydrogen-bond acceptors (Lipinski definition) is 4. The first-order valence-electron chi connectivity index (χ1n) is 6.78. The van der Waals surface area contributed by atoms with E-state index in [4.69, 9.17) is 9.47 Å². The Labute approximate surface area is 122 Å². The van der Waals surface area contributed by atoms with Crippen molar-refractivity contribution in [3.05, 3.63) is 48.2 Å². The van der Waals surface area contributed by atoms with Crippen molar-refractivity contribution >= 4 is 11.6 Å². The Hall–Kier alpha value is -2.56. The highest BCUT2D eigenvalue weighted by Gasteiger charge is 2.26. The van der Waals surface area contributed by atoms with Gasteiger partial charge in [0.2, 0.25) is 11.8 Å². The molecule has 0 saturated carbocycles. The number of fused-ring (bicyclic) bond motifs is 1. The molecule has 1 aromatic heterocycles. The van der Waals surface area contributed by atoms with Crippen LogP contribution in [-0.4, -0.2) is 24.6 Å². The molecule has 1 aliphatic heterocycles. The summed E-state index contributed by atoms with van der Waals surface area (Å²) in [6, 6.07) is 11.3. The van der Waals surface area contributed by atoms with Crippen molar-refractivity contribution in [3.63, 3.8) is 0 Å². The predicted octanol–water partition coefficient (Wildman–Crippen LogP) is 2.28. The molecular weight excluding hydrogens is 268 g/mol. The number of nitrogens with zero attached hydrogens (tertiary/aromatic N) is 1. The molecule has 5 heteroatoms. The van der Waals surface area contributed by atoms with Crippen molar-refractivity contribution < 1.29 is 14.3 Å². The van der Waals surface area contributed by atoms with Gasteiger partial charge in [0.15, 0.2) is 0 Å². The lowest BCUT2D eigenvalue weighted by molar-refractivity contribution is -0.121. The summed E-state index contributed by atoms with van der Waals surface area (Å²) in [6.07, 6.45) is 2.29. The first kappa shape index (κ1) is 13.4. The topological polar surface area (TPSA) is 60.5 Å². The molecule has 5 nitrogen and oxygen atoms in total. The molecular formula is C16H16N2O3. The minimum absolute atomic E-state index is 0.0872. The standard InChI is InChI=1S/C16H16N2O3/c1-20-16-13(6-4-8-17-16)18-15(19)12-9-11-5-2-3-7-14(11)21-10-12/h2-8,12H,9-10H2,1H3,(H,18,19)/t12-/m1/s1. The summed E-state index contributed by atoms with van der Waals surface area (Å²) in [5.74, 6) is 0.962. The molecule has 0 aliphatic carbocycles. The number of hydrogen-bond donors (Lipinski definition) is 1. The summed E-state index contributed by atoms with van der Waals surface area (Å²) in [7, 11) is 1.53.